The molecule has 4 rings (SSSR count). The summed E-state index contributed by atoms with van der Waals surface area (Å²) in [4.78, 5) is 36.4. The molecule has 2 aromatic rings. The number of alkyl carbamates (subject to hydrolysis) is 1. The van der Waals surface area contributed by atoms with Gasteiger partial charge >= 0.3 is 12.1 Å². The van der Waals surface area contributed by atoms with Gasteiger partial charge in [-0.15, -0.1) is 0 Å². The molecule has 2 amide bonds. The normalized spacial score (nSPS) is 19.9. The third kappa shape index (κ3) is 5.07. The van der Waals surface area contributed by atoms with E-state index in [0.717, 1.165) is 22.3 Å². The standard InChI is InChI=1S/C26H30N2O6/c1-15(2)23(24(29)27-13-16-11-12-22(34-16)25(30)31)28-26(32)33-14-21-19-9-5-3-7-17(19)18-8-4-6-10-20(18)21/h3-10,15-16,21-23H,11-14H2,1-2H3,(H,27,29)(H,28,32)(H,30,31)/t16?,22?,23-/m0/s1. The molecule has 1 heterocycles. The molecule has 1 aliphatic heterocycles. The molecule has 1 aliphatic carbocycles. The first-order valence-corrected chi connectivity index (χ1v) is 11.6. The summed E-state index contributed by atoms with van der Waals surface area (Å²) in [6.07, 6.45) is -0.863. The van der Waals surface area contributed by atoms with Crippen molar-refractivity contribution in [1.82, 2.24) is 10.6 Å². The van der Waals surface area contributed by atoms with Gasteiger partial charge in [-0.3, -0.25) is 4.79 Å². The lowest BCUT2D eigenvalue weighted by atomic mass is 9.98. The minimum atomic E-state index is -0.995. The summed E-state index contributed by atoms with van der Waals surface area (Å²) < 4.78 is 11.0. The molecule has 2 aromatic carbocycles. The Bertz CT molecular complexity index is 1020. The molecule has 3 N–H and O–H groups in total. The second-order valence-electron chi connectivity index (χ2n) is 9.10. The molecule has 34 heavy (non-hydrogen) atoms. The highest BCUT2D eigenvalue weighted by Crippen LogP contribution is 2.44. The maximum Gasteiger partial charge on any atom is 0.407 e. The van der Waals surface area contributed by atoms with Crippen LogP contribution in [0.4, 0.5) is 4.79 Å². The average Bonchev–Trinajstić information content (AvgIpc) is 3.43. The number of fused-ring (bicyclic) bond motifs is 3. The highest BCUT2D eigenvalue weighted by atomic mass is 16.5. The SMILES string of the molecule is CC(C)[C@H](NC(=O)OCC1c2ccccc2-c2ccccc21)C(=O)NCC1CCC(C(=O)O)O1. The lowest BCUT2D eigenvalue weighted by molar-refractivity contribution is -0.149. The summed E-state index contributed by atoms with van der Waals surface area (Å²) in [7, 11) is 0. The predicted molar refractivity (Wildman–Crippen MR) is 125 cm³/mol. The second-order valence-corrected chi connectivity index (χ2v) is 9.10. The Kier molecular flexibility index (Phi) is 7.17. The molecule has 0 saturated carbocycles. The van der Waals surface area contributed by atoms with Crippen LogP contribution in [0.1, 0.15) is 43.7 Å². The lowest BCUT2D eigenvalue weighted by Crippen LogP contribution is -2.51. The number of carbonyl (C=O) groups excluding carboxylic acids is 2. The zero-order chi connectivity index (χ0) is 24.2. The topological polar surface area (TPSA) is 114 Å². The van der Waals surface area contributed by atoms with Gasteiger partial charge in [-0.05, 0) is 41.0 Å². The number of carboxylic acids is 1. The van der Waals surface area contributed by atoms with Gasteiger partial charge in [0.05, 0.1) is 6.10 Å². The molecule has 2 unspecified atom stereocenters. The van der Waals surface area contributed by atoms with Gasteiger partial charge in [0.2, 0.25) is 5.91 Å². The lowest BCUT2D eigenvalue weighted by Gasteiger charge is -2.23. The van der Waals surface area contributed by atoms with Crippen molar-refractivity contribution in [3.8, 4) is 11.1 Å². The van der Waals surface area contributed by atoms with E-state index in [1.807, 2.05) is 50.2 Å². The van der Waals surface area contributed by atoms with Gasteiger partial charge in [-0.1, -0.05) is 62.4 Å². The van der Waals surface area contributed by atoms with E-state index in [9.17, 15) is 14.4 Å². The number of carbonyl (C=O) groups is 3. The Hall–Kier alpha value is -3.39. The van der Waals surface area contributed by atoms with Crippen LogP contribution in [0.15, 0.2) is 48.5 Å². The molecule has 2 aliphatic rings. The van der Waals surface area contributed by atoms with E-state index in [0.29, 0.717) is 12.8 Å². The zero-order valence-electron chi connectivity index (χ0n) is 19.3. The van der Waals surface area contributed by atoms with Crippen LogP contribution in [0.2, 0.25) is 0 Å². The van der Waals surface area contributed by atoms with Gasteiger partial charge in [-0.2, -0.15) is 0 Å². The fourth-order valence-corrected chi connectivity index (χ4v) is 4.66. The highest BCUT2D eigenvalue weighted by molar-refractivity contribution is 5.86. The molecule has 8 nitrogen and oxygen atoms in total. The largest absolute Gasteiger partial charge is 0.479 e. The first-order chi connectivity index (χ1) is 16.3. The van der Waals surface area contributed by atoms with Crippen LogP contribution in [0.3, 0.4) is 0 Å². The first-order valence-electron chi connectivity index (χ1n) is 11.6. The van der Waals surface area contributed by atoms with E-state index in [-0.39, 0.29) is 37.0 Å². The fourth-order valence-electron chi connectivity index (χ4n) is 4.66. The molecule has 8 heteroatoms. The second kappa shape index (κ2) is 10.3. The Morgan fingerprint density at radius 2 is 1.65 bits per heavy atom. The highest BCUT2D eigenvalue weighted by Gasteiger charge is 2.33. The number of aliphatic carboxylic acids is 1. The third-order valence-electron chi connectivity index (χ3n) is 6.45. The Labute approximate surface area is 198 Å². The molecule has 3 atom stereocenters. The molecule has 1 saturated heterocycles. The van der Waals surface area contributed by atoms with E-state index in [2.05, 4.69) is 22.8 Å². The molecule has 0 radical (unpaired) electrons. The first kappa shape index (κ1) is 23.8. The van der Waals surface area contributed by atoms with Gasteiger partial charge in [0.25, 0.3) is 0 Å². The van der Waals surface area contributed by atoms with E-state index in [1.165, 1.54) is 0 Å². The minimum absolute atomic E-state index is 0.0637. The van der Waals surface area contributed by atoms with Crippen LogP contribution in [0.25, 0.3) is 11.1 Å². The number of hydrogen-bond acceptors (Lipinski definition) is 5. The van der Waals surface area contributed by atoms with Crippen LogP contribution in [0, 0.1) is 5.92 Å². The number of ether oxygens (including phenoxy) is 2. The Morgan fingerprint density at radius 3 is 2.21 bits per heavy atom. The molecule has 180 valence electrons. The van der Waals surface area contributed by atoms with E-state index in [1.54, 1.807) is 0 Å². The van der Waals surface area contributed by atoms with E-state index < -0.39 is 24.2 Å². The molecular weight excluding hydrogens is 436 g/mol. The van der Waals surface area contributed by atoms with Crippen molar-refractivity contribution < 1.29 is 29.0 Å². The quantitative estimate of drug-likeness (QED) is 0.550. The van der Waals surface area contributed by atoms with Crippen molar-refractivity contribution >= 4 is 18.0 Å². The van der Waals surface area contributed by atoms with Crippen molar-refractivity contribution in [1.29, 1.82) is 0 Å². The van der Waals surface area contributed by atoms with Gasteiger partial charge < -0.3 is 25.2 Å². The number of amides is 2. The van der Waals surface area contributed by atoms with Crippen LogP contribution in [-0.4, -0.2) is 54.5 Å². The maximum absolute atomic E-state index is 12.7. The Morgan fingerprint density at radius 1 is 1.03 bits per heavy atom. The van der Waals surface area contributed by atoms with Crippen LogP contribution in [0.5, 0.6) is 0 Å². The summed E-state index contributed by atoms with van der Waals surface area (Å²) in [5.74, 6) is -1.58. The summed E-state index contributed by atoms with van der Waals surface area (Å²) in [5, 5.41) is 14.5. The van der Waals surface area contributed by atoms with Crippen LogP contribution in [-0.2, 0) is 19.1 Å². The molecule has 1 fully saturated rings. The van der Waals surface area contributed by atoms with Crippen LogP contribution < -0.4 is 10.6 Å². The third-order valence-corrected chi connectivity index (χ3v) is 6.45. The number of carboxylic acid groups (broad SMARTS) is 1. The number of rotatable bonds is 8. The molecular formula is C26H30N2O6. The maximum atomic E-state index is 12.7. The predicted octanol–water partition coefficient (Wildman–Crippen LogP) is 3.30. The number of benzene rings is 2. The molecule has 0 bridgehead atoms. The summed E-state index contributed by atoms with van der Waals surface area (Å²) in [6.45, 7) is 4.03. The monoisotopic (exact) mass is 466 g/mol. The molecule has 0 aromatic heterocycles. The van der Waals surface area contributed by atoms with Crippen molar-refractivity contribution in [3.63, 3.8) is 0 Å². The van der Waals surface area contributed by atoms with Gasteiger partial charge in [0.1, 0.15) is 12.6 Å². The smallest absolute Gasteiger partial charge is 0.407 e. The molecule has 0 spiro atoms. The zero-order valence-corrected chi connectivity index (χ0v) is 19.3. The fraction of sp³-hybridized carbons (Fsp3) is 0.423. The van der Waals surface area contributed by atoms with Gasteiger partial charge in [0, 0.05) is 12.5 Å². The average molecular weight is 467 g/mol. The van der Waals surface area contributed by atoms with E-state index >= 15 is 0 Å². The number of nitrogens with one attached hydrogen (secondary N) is 2. The summed E-state index contributed by atoms with van der Waals surface area (Å²) >= 11 is 0. The Balaban J connectivity index is 1.32. The van der Waals surface area contributed by atoms with Gasteiger partial charge in [-0.25, -0.2) is 9.59 Å². The van der Waals surface area contributed by atoms with Crippen molar-refractivity contribution in [2.75, 3.05) is 13.2 Å². The summed E-state index contributed by atoms with van der Waals surface area (Å²) in [5.41, 5.74) is 4.52. The van der Waals surface area contributed by atoms with Crippen LogP contribution >= 0.6 is 0 Å². The van der Waals surface area contributed by atoms with Gasteiger partial charge in [0.15, 0.2) is 6.10 Å². The van der Waals surface area contributed by atoms with Crippen molar-refractivity contribution in [2.24, 2.45) is 5.92 Å². The minimum Gasteiger partial charge on any atom is -0.479 e. The van der Waals surface area contributed by atoms with Crippen molar-refractivity contribution in [2.45, 2.75) is 50.9 Å². The summed E-state index contributed by atoms with van der Waals surface area (Å²) in [6, 6.07) is 15.4. The van der Waals surface area contributed by atoms with Crippen molar-refractivity contribution in [3.05, 3.63) is 59.7 Å². The number of hydrogen-bond donors (Lipinski definition) is 3. The van der Waals surface area contributed by atoms with E-state index in [4.69, 9.17) is 14.6 Å².